The molecule has 1 aliphatic carbocycles. The van der Waals surface area contributed by atoms with Gasteiger partial charge in [-0.15, -0.1) is 0 Å². The first-order valence-electron chi connectivity index (χ1n) is 13.9. The third-order valence-electron chi connectivity index (χ3n) is 7.80. The summed E-state index contributed by atoms with van der Waals surface area (Å²) in [6.07, 6.45) is 12.5. The average Bonchev–Trinajstić information content (AvgIpc) is 3.68. The first-order valence-corrected chi connectivity index (χ1v) is 13.9. The molecule has 0 amide bonds. The molecule has 1 saturated carbocycles. The van der Waals surface area contributed by atoms with Crippen molar-refractivity contribution < 1.29 is 13.5 Å². The van der Waals surface area contributed by atoms with E-state index in [0.717, 1.165) is 37.2 Å². The molecular weight excluding hydrogens is 495 g/mol. The number of ether oxygens (including phenoxy) is 1. The maximum absolute atomic E-state index is 12.4. The van der Waals surface area contributed by atoms with E-state index in [1.807, 2.05) is 29.1 Å². The van der Waals surface area contributed by atoms with Crippen LogP contribution in [0, 0.1) is 0 Å². The normalized spacial score (nSPS) is 21.6. The molecule has 6 rings (SSSR count). The number of hydrogen-bond acceptors (Lipinski definition) is 7. The van der Waals surface area contributed by atoms with E-state index in [1.165, 1.54) is 31.4 Å². The number of anilines is 2. The fraction of sp³-hybridized carbons (Fsp3) is 0.400. The van der Waals surface area contributed by atoms with Gasteiger partial charge in [-0.25, -0.2) is 14.1 Å². The quantitative estimate of drug-likeness (QED) is 0.282. The van der Waals surface area contributed by atoms with Gasteiger partial charge in [0.2, 0.25) is 6.86 Å². The van der Waals surface area contributed by atoms with Gasteiger partial charge in [0, 0.05) is 54.9 Å². The minimum absolute atomic E-state index is 0.259. The Labute approximate surface area is 228 Å². The van der Waals surface area contributed by atoms with E-state index in [0.29, 0.717) is 29.6 Å². The van der Waals surface area contributed by atoms with Gasteiger partial charge in [0.05, 0.1) is 11.9 Å². The number of aromatic nitrogens is 3. The summed E-state index contributed by atoms with van der Waals surface area (Å²) < 4.78 is 25.2. The monoisotopic (exact) mass is 530 g/mol. The van der Waals surface area contributed by atoms with Gasteiger partial charge in [0.1, 0.15) is 5.75 Å². The highest BCUT2D eigenvalue weighted by Crippen LogP contribution is 2.28. The molecule has 1 saturated heterocycles. The van der Waals surface area contributed by atoms with Gasteiger partial charge in [0.15, 0.2) is 5.76 Å². The third kappa shape index (κ3) is 6.09. The zero-order chi connectivity index (χ0) is 26.4. The molecule has 2 fully saturated rings. The Morgan fingerprint density at radius 1 is 0.949 bits per heavy atom. The first-order chi connectivity index (χ1) is 19.2. The molecule has 39 heavy (non-hydrogen) atoms. The second-order valence-electron chi connectivity index (χ2n) is 10.4. The van der Waals surface area contributed by atoms with Crippen LogP contribution < -0.4 is 20.3 Å². The summed E-state index contributed by atoms with van der Waals surface area (Å²) in [5.41, 5.74) is 3.21. The Kier molecular flexibility index (Phi) is 7.76. The Hall–Kier alpha value is -3.85. The molecule has 2 aliphatic rings. The third-order valence-corrected chi connectivity index (χ3v) is 7.80. The standard InChI is InChI=1S/C30H35FN6O2/c31-21-38-26-14-8-22(9-15-26)29-19-32-30(39-29)35-28-7-2-1-6-27(28)34-23-5-3-17-36(20-23)24-10-12-25(13-11-24)37-18-4-16-33-37/h4,8-16,18-19,23,27-28,34H,1-3,5-7,17,20-21H2,(H,32,35)/t23-,27+,28+/m0/s1. The van der Waals surface area contributed by atoms with Gasteiger partial charge in [-0.1, -0.05) is 12.8 Å². The topological polar surface area (TPSA) is 80.4 Å². The number of oxazole rings is 1. The van der Waals surface area contributed by atoms with Crippen LogP contribution in [0.4, 0.5) is 16.1 Å². The van der Waals surface area contributed by atoms with Crippen molar-refractivity contribution in [2.24, 2.45) is 0 Å². The van der Waals surface area contributed by atoms with Crippen molar-refractivity contribution in [3.8, 4) is 22.8 Å². The van der Waals surface area contributed by atoms with Crippen molar-refractivity contribution in [2.75, 3.05) is 30.2 Å². The average molecular weight is 531 g/mol. The first kappa shape index (κ1) is 25.4. The van der Waals surface area contributed by atoms with Crippen LogP contribution in [-0.2, 0) is 0 Å². The van der Waals surface area contributed by atoms with Gasteiger partial charge in [-0.2, -0.15) is 5.10 Å². The minimum Gasteiger partial charge on any atom is -0.463 e. The van der Waals surface area contributed by atoms with Crippen LogP contribution in [0.3, 0.4) is 0 Å². The molecule has 1 aliphatic heterocycles. The maximum Gasteiger partial charge on any atom is 0.295 e. The molecular formula is C30H35FN6O2. The number of nitrogens with zero attached hydrogens (tertiary/aromatic N) is 4. The van der Waals surface area contributed by atoms with Crippen LogP contribution >= 0.6 is 0 Å². The molecule has 0 spiro atoms. The lowest BCUT2D eigenvalue weighted by Crippen LogP contribution is -2.54. The maximum atomic E-state index is 12.4. The summed E-state index contributed by atoms with van der Waals surface area (Å²) >= 11 is 0. The van der Waals surface area contributed by atoms with Gasteiger partial charge in [-0.3, -0.25) is 0 Å². The minimum atomic E-state index is -0.842. The molecule has 9 heteroatoms. The molecule has 2 aromatic carbocycles. The molecule has 0 unspecified atom stereocenters. The number of halogens is 1. The van der Waals surface area contributed by atoms with E-state index < -0.39 is 6.86 Å². The van der Waals surface area contributed by atoms with Crippen LogP contribution in [-0.4, -0.2) is 52.8 Å². The predicted octanol–water partition coefficient (Wildman–Crippen LogP) is 5.81. The Morgan fingerprint density at radius 2 is 1.74 bits per heavy atom. The van der Waals surface area contributed by atoms with E-state index in [-0.39, 0.29) is 6.04 Å². The van der Waals surface area contributed by atoms with Crippen LogP contribution in [0.5, 0.6) is 5.75 Å². The molecule has 4 aromatic rings. The Morgan fingerprint density at radius 3 is 2.51 bits per heavy atom. The predicted molar refractivity (Wildman–Crippen MR) is 150 cm³/mol. The summed E-state index contributed by atoms with van der Waals surface area (Å²) in [7, 11) is 0. The summed E-state index contributed by atoms with van der Waals surface area (Å²) in [5, 5.41) is 11.9. The number of rotatable bonds is 9. The second kappa shape index (κ2) is 11.9. The van der Waals surface area contributed by atoms with Crippen molar-refractivity contribution in [1.29, 1.82) is 0 Å². The fourth-order valence-electron chi connectivity index (χ4n) is 5.80. The largest absolute Gasteiger partial charge is 0.463 e. The zero-order valence-electron chi connectivity index (χ0n) is 22.0. The lowest BCUT2D eigenvalue weighted by Gasteiger charge is -2.40. The van der Waals surface area contributed by atoms with Crippen LogP contribution in [0.1, 0.15) is 38.5 Å². The van der Waals surface area contributed by atoms with Gasteiger partial charge in [0.25, 0.3) is 6.01 Å². The summed E-state index contributed by atoms with van der Waals surface area (Å²) in [5.74, 6) is 1.16. The Balaban J connectivity index is 1.07. The summed E-state index contributed by atoms with van der Waals surface area (Å²) in [6.45, 7) is 1.23. The molecule has 2 aromatic heterocycles. The van der Waals surface area contributed by atoms with Crippen LogP contribution in [0.15, 0.2) is 77.6 Å². The molecule has 204 valence electrons. The van der Waals surface area contributed by atoms with Crippen molar-refractivity contribution >= 4 is 11.7 Å². The van der Waals surface area contributed by atoms with E-state index in [4.69, 9.17) is 9.15 Å². The number of hydrogen-bond donors (Lipinski definition) is 2. The highest BCUT2D eigenvalue weighted by molar-refractivity contribution is 5.58. The van der Waals surface area contributed by atoms with E-state index in [1.54, 1.807) is 24.5 Å². The number of alkyl halides is 1. The molecule has 0 radical (unpaired) electrons. The molecule has 2 N–H and O–H groups in total. The van der Waals surface area contributed by atoms with E-state index in [2.05, 4.69) is 49.9 Å². The number of piperidine rings is 1. The van der Waals surface area contributed by atoms with Gasteiger partial charge >= 0.3 is 0 Å². The molecule has 3 atom stereocenters. The summed E-state index contributed by atoms with van der Waals surface area (Å²) in [6, 6.07) is 19.4. The summed E-state index contributed by atoms with van der Waals surface area (Å²) in [4.78, 5) is 6.98. The molecule has 3 heterocycles. The molecule has 8 nitrogen and oxygen atoms in total. The Bertz CT molecular complexity index is 1310. The van der Waals surface area contributed by atoms with Crippen molar-refractivity contribution in [2.45, 2.75) is 56.7 Å². The second-order valence-corrected chi connectivity index (χ2v) is 10.4. The van der Waals surface area contributed by atoms with Gasteiger partial charge in [-0.05, 0) is 80.3 Å². The van der Waals surface area contributed by atoms with E-state index in [9.17, 15) is 4.39 Å². The van der Waals surface area contributed by atoms with Crippen LogP contribution in [0.25, 0.3) is 17.0 Å². The van der Waals surface area contributed by atoms with Crippen molar-refractivity contribution in [3.63, 3.8) is 0 Å². The van der Waals surface area contributed by atoms with E-state index >= 15 is 0 Å². The smallest absolute Gasteiger partial charge is 0.295 e. The van der Waals surface area contributed by atoms with Gasteiger partial charge < -0.3 is 24.7 Å². The van der Waals surface area contributed by atoms with Crippen molar-refractivity contribution in [1.82, 2.24) is 20.1 Å². The SMILES string of the molecule is FCOc1ccc(-c2cnc(N[C@@H]3CCCC[C@H]3N[C@H]3CCCN(c4ccc(-n5cccn5)cc4)C3)o2)cc1. The highest BCUT2D eigenvalue weighted by atomic mass is 19.1. The highest BCUT2D eigenvalue weighted by Gasteiger charge is 2.30. The zero-order valence-corrected chi connectivity index (χ0v) is 22.0. The fourth-order valence-corrected chi connectivity index (χ4v) is 5.80. The lowest BCUT2D eigenvalue weighted by molar-refractivity contribution is 0.192. The number of nitrogens with one attached hydrogen (secondary N) is 2. The van der Waals surface area contributed by atoms with Crippen LogP contribution in [0.2, 0.25) is 0 Å². The molecule has 0 bridgehead atoms. The lowest BCUT2D eigenvalue weighted by atomic mass is 9.89. The number of benzene rings is 2. The van der Waals surface area contributed by atoms with Crippen molar-refractivity contribution in [3.05, 3.63) is 73.2 Å².